The Morgan fingerprint density at radius 2 is 2.17 bits per heavy atom. The minimum absolute atomic E-state index is 0.0383. The standard InChI is InChI=1S/C16H20N6OS/c1-9-12(10(2)22-16(18-9)19-15(17)20-22)8-14(23)21(4)11(3)13-6-5-7-24-13/h5-7,11H,8H2,1-4H3,(H2,17,20). The predicted octanol–water partition coefficient (Wildman–Crippen LogP) is 2.15. The SMILES string of the molecule is Cc1nc2nc(N)nn2c(C)c1CC(=O)N(C)C(C)c1cccs1. The molecule has 3 aromatic rings. The molecule has 1 amide bonds. The van der Waals surface area contributed by atoms with Crippen molar-refractivity contribution in [2.24, 2.45) is 0 Å². The van der Waals surface area contributed by atoms with Gasteiger partial charge in [0.25, 0.3) is 5.78 Å². The van der Waals surface area contributed by atoms with Crippen LogP contribution in [0, 0.1) is 13.8 Å². The Hall–Kier alpha value is -2.48. The van der Waals surface area contributed by atoms with Gasteiger partial charge in [0.2, 0.25) is 11.9 Å². The first kappa shape index (κ1) is 16.4. The van der Waals surface area contributed by atoms with Crippen molar-refractivity contribution in [2.75, 3.05) is 12.8 Å². The normalized spacial score (nSPS) is 12.5. The Kier molecular flexibility index (Phi) is 4.23. The number of nitrogens with zero attached hydrogens (tertiary/aromatic N) is 5. The lowest BCUT2D eigenvalue weighted by atomic mass is 10.1. The van der Waals surface area contributed by atoms with Crippen molar-refractivity contribution in [1.29, 1.82) is 0 Å². The van der Waals surface area contributed by atoms with Gasteiger partial charge in [0.05, 0.1) is 12.5 Å². The molecule has 0 bridgehead atoms. The summed E-state index contributed by atoms with van der Waals surface area (Å²) in [5, 5.41) is 6.16. The number of aromatic nitrogens is 4. The van der Waals surface area contributed by atoms with Crippen LogP contribution in [0.25, 0.3) is 5.78 Å². The topological polar surface area (TPSA) is 89.4 Å². The van der Waals surface area contributed by atoms with E-state index in [-0.39, 0.29) is 24.3 Å². The summed E-state index contributed by atoms with van der Waals surface area (Å²) in [4.78, 5) is 24.1. The van der Waals surface area contributed by atoms with Gasteiger partial charge in [-0.2, -0.15) is 9.50 Å². The lowest BCUT2D eigenvalue weighted by Crippen LogP contribution is -2.31. The summed E-state index contributed by atoms with van der Waals surface area (Å²) in [6.45, 7) is 5.81. The molecule has 0 spiro atoms. The van der Waals surface area contributed by atoms with E-state index in [1.54, 1.807) is 20.8 Å². The molecule has 1 atom stereocenters. The molecule has 0 aliphatic rings. The number of hydrogen-bond donors (Lipinski definition) is 1. The van der Waals surface area contributed by atoms with Crippen LogP contribution < -0.4 is 5.73 Å². The van der Waals surface area contributed by atoms with Crippen LogP contribution in [-0.4, -0.2) is 37.4 Å². The second kappa shape index (κ2) is 6.20. The predicted molar refractivity (Wildman–Crippen MR) is 93.9 cm³/mol. The summed E-state index contributed by atoms with van der Waals surface area (Å²) < 4.78 is 1.59. The fraction of sp³-hybridized carbons (Fsp3) is 0.375. The molecule has 0 saturated heterocycles. The molecule has 3 rings (SSSR count). The Morgan fingerprint density at radius 1 is 1.42 bits per heavy atom. The van der Waals surface area contributed by atoms with Gasteiger partial charge in [-0.15, -0.1) is 16.4 Å². The maximum Gasteiger partial charge on any atom is 0.254 e. The summed E-state index contributed by atoms with van der Waals surface area (Å²) in [7, 11) is 1.83. The van der Waals surface area contributed by atoms with Gasteiger partial charge in [0.1, 0.15) is 0 Å². The smallest absolute Gasteiger partial charge is 0.254 e. The highest BCUT2D eigenvalue weighted by Gasteiger charge is 2.21. The van der Waals surface area contributed by atoms with Crippen molar-refractivity contribution >= 4 is 29.0 Å². The Balaban J connectivity index is 1.87. The summed E-state index contributed by atoms with van der Waals surface area (Å²) in [6, 6.07) is 4.08. The van der Waals surface area contributed by atoms with Gasteiger partial charge in [-0.1, -0.05) is 6.07 Å². The van der Waals surface area contributed by atoms with E-state index in [4.69, 9.17) is 5.73 Å². The van der Waals surface area contributed by atoms with Crippen LogP contribution in [0.1, 0.15) is 34.8 Å². The quantitative estimate of drug-likeness (QED) is 0.783. The van der Waals surface area contributed by atoms with E-state index in [2.05, 4.69) is 15.1 Å². The maximum atomic E-state index is 12.7. The van der Waals surface area contributed by atoms with Crippen LogP contribution in [0.15, 0.2) is 17.5 Å². The molecule has 0 aliphatic heterocycles. The Bertz CT molecular complexity index is 886. The number of anilines is 1. The lowest BCUT2D eigenvalue weighted by Gasteiger charge is -2.24. The number of nitrogen functional groups attached to an aromatic ring is 1. The molecule has 3 aromatic heterocycles. The molecule has 0 saturated carbocycles. The van der Waals surface area contributed by atoms with Crippen LogP contribution in [0.2, 0.25) is 0 Å². The second-order valence-electron chi connectivity index (χ2n) is 5.82. The second-order valence-corrected chi connectivity index (χ2v) is 6.80. The van der Waals surface area contributed by atoms with Crippen molar-refractivity contribution < 1.29 is 4.79 Å². The van der Waals surface area contributed by atoms with Crippen LogP contribution in [0.5, 0.6) is 0 Å². The monoisotopic (exact) mass is 344 g/mol. The van der Waals surface area contributed by atoms with Gasteiger partial charge in [-0.3, -0.25) is 4.79 Å². The largest absolute Gasteiger partial charge is 0.366 e. The zero-order valence-electron chi connectivity index (χ0n) is 14.1. The van der Waals surface area contributed by atoms with Gasteiger partial charge < -0.3 is 10.6 Å². The van der Waals surface area contributed by atoms with Crippen molar-refractivity contribution in [2.45, 2.75) is 33.2 Å². The first-order valence-electron chi connectivity index (χ1n) is 7.66. The van der Waals surface area contributed by atoms with Crippen molar-refractivity contribution in [3.63, 3.8) is 0 Å². The minimum atomic E-state index is 0.0383. The third kappa shape index (κ3) is 2.84. The fourth-order valence-electron chi connectivity index (χ4n) is 2.69. The number of rotatable bonds is 4. The van der Waals surface area contributed by atoms with Crippen LogP contribution in [-0.2, 0) is 11.2 Å². The van der Waals surface area contributed by atoms with E-state index in [1.807, 2.05) is 45.3 Å². The van der Waals surface area contributed by atoms with Gasteiger partial charge in [-0.05, 0) is 32.2 Å². The van der Waals surface area contributed by atoms with Crippen LogP contribution in [0.3, 0.4) is 0 Å². The van der Waals surface area contributed by atoms with Gasteiger partial charge in [-0.25, -0.2) is 4.98 Å². The van der Waals surface area contributed by atoms with E-state index >= 15 is 0 Å². The maximum absolute atomic E-state index is 12.7. The molecule has 126 valence electrons. The average molecular weight is 344 g/mol. The van der Waals surface area contributed by atoms with Crippen molar-refractivity contribution in [3.05, 3.63) is 39.3 Å². The number of thiophene rings is 1. The molecule has 3 heterocycles. The molecule has 2 N–H and O–H groups in total. The summed E-state index contributed by atoms with van der Waals surface area (Å²) in [5.41, 5.74) is 8.13. The molecule has 0 aromatic carbocycles. The highest BCUT2D eigenvalue weighted by atomic mass is 32.1. The first-order chi connectivity index (χ1) is 11.4. The lowest BCUT2D eigenvalue weighted by molar-refractivity contribution is -0.131. The van der Waals surface area contributed by atoms with E-state index in [0.29, 0.717) is 5.78 Å². The number of amides is 1. The fourth-order valence-corrected chi connectivity index (χ4v) is 3.52. The average Bonchev–Trinajstić information content (AvgIpc) is 3.19. The van der Waals surface area contributed by atoms with E-state index < -0.39 is 0 Å². The van der Waals surface area contributed by atoms with E-state index in [1.165, 1.54) is 0 Å². The molecule has 0 fully saturated rings. The molecule has 0 radical (unpaired) electrons. The molecular weight excluding hydrogens is 324 g/mol. The Morgan fingerprint density at radius 3 is 2.83 bits per heavy atom. The molecule has 24 heavy (non-hydrogen) atoms. The number of carbonyl (C=O) groups excluding carboxylic acids is 1. The zero-order chi connectivity index (χ0) is 17.4. The van der Waals surface area contributed by atoms with Gasteiger partial charge in [0, 0.05) is 28.9 Å². The number of fused-ring (bicyclic) bond motifs is 1. The summed E-state index contributed by atoms with van der Waals surface area (Å²) >= 11 is 1.65. The minimum Gasteiger partial charge on any atom is -0.366 e. The van der Waals surface area contributed by atoms with Crippen molar-refractivity contribution in [3.8, 4) is 0 Å². The van der Waals surface area contributed by atoms with Gasteiger partial charge >= 0.3 is 0 Å². The highest BCUT2D eigenvalue weighted by molar-refractivity contribution is 7.10. The van der Waals surface area contributed by atoms with E-state index in [0.717, 1.165) is 21.8 Å². The van der Waals surface area contributed by atoms with Crippen LogP contribution >= 0.6 is 11.3 Å². The first-order valence-corrected chi connectivity index (χ1v) is 8.54. The summed E-state index contributed by atoms with van der Waals surface area (Å²) in [6.07, 6.45) is 0.270. The number of aryl methyl sites for hydroxylation is 2. The molecule has 8 heteroatoms. The molecule has 1 unspecified atom stereocenters. The van der Waals surface area contributed by atoms with E-state index in [9.17, 15) is 4.79 Å². The Labute approximate surface area is 144 Å². The zero-order valence-corrected chi connectivity index (χ0v) is 15.0. The number of carbonyl (C=O) groups is 1. The third-order valence-corrected chi connectivity index (χ3v) is 5.37. The highest BCUT2D eigenvalue weighted by Crippen LogP contribution is 2.24. The third-order valence-electron chi connectivity index (χ3n) is 4.32. The number of likely N-dealkylation sites (N-methyl/N-ethyl adjacent to an activating group) is 1. The molecule has 7 nitrogen and oxygen atoms in total. The molecular formula is C16H20N6OS. The van der Waals surface area contributed by atoms with Crippen molar-refractivity contribution in [1.82, 2.24) is 24.5 Å². The summed E-state index contributed by atoms with van der Waals surface area (Å²) in [5.74, 6) is 0.673. The van der Waals surface area contributed by atoms with Crippen LogP contribution in [0.4, 0.5) is 5.95 Å². The number of nitrogens with two attached hydrogens (primary N) is 1. The van der Waals surface area contributed by atoms with Gasteiger partial charge in [0.15, 0.2) is 0 Å². The molecule has 0 aliphatic carbocycles. The number of hydrogen-bond acceptors (Lipinski definition) is 6.